The maximum absolute atomic E-state index is 12.8. The van der Waals surface area contributed by atoms with Crippen LogP contribution < -0.4 is 10.1 Å². The van der Waals surface area contributed by atoms with E-state index < -0.39 is 0 Å². The van der Waals surface area contributed by atoms with Crippen molar-refractivity contribution in [3.63, 3.8) is 0 Å². The molecule has 3 nitrogen and oxygen atoms in total. The number of aryl methyl sites for hydroxylation is 1. The molecule has 3 aromatic rings. The third kappa shape index (κ3) is 4.59. The molecule has 3 aromatic carbocycles. The number of rotatable bonds is 4. The fraction of sp³-hybridized carbons (Fsp3) is 0.269. The molecular formula is C26H26BrNO2. The molecule has 1 amide bonds. The monoisotopic (exact) mass is 463 g/mol. The van der Waals surface area contributed by atoms with Gasteiger partial charge in [0, 0.05) is 16.0 Å². The number of halogens is 1. The van der Waals surface area contributed by atoms with Crippen molar-refractivity contribution in [2.75, 3.05) is 11.9 Å². The number of hydrogen-bond acceptors (Lipinski definition) is 2. The summed E-state index contributed by atoms with van der Waals surface area (Å²) < 4.78 is 7.12. The van der Waals surface area contributed by atoms with E-state index >= 15 is 0 Å². The highest BCUT2D eigenvalue weighted by molar-refractivity contribution is 9.10. The Balaban J connectivity index is 1.67. The zero-order chi connectivity index (χ0) is 21.1. The number of anilines is 1. The SMILES string of the molecule is Cc1ccc(CC(=O)Nc2cc(Br)cc3c2OCCC(C)C3c2ccccc2)cc1. The van der Waals surface area contributed by atoms with Gasteiger partial charge >= 0.3 is 0 Å². The number of hydrogen-bond donors (Lipinski definition) is 1. The molecule has 0 saturated carbocycles. The lowest BCUT2D eigenvalue weighted by Gasteiger charge is -2.24. The Morgan fingerprint density at radius 1 is 1.10 bits per heavy atom. The first-order valence-corrected chi connectivity index (χ1v) is 11.2. The Morgan fingerprint density at radius 2 is 1.83 bits per heavy atom. The molecule has 4 rings (SSSR count). The van der Waals surface area contributed by atoms with Gasteiger partial charge in [-0.05, 0) is 42.5 Å². The van der Waals surface area contributed by atoms with Crippen LogP contribution in [0.3, 0.4) is 0 Å². The van der Waals surface area contributed by atoms with Crippen LogP contribution in [0, 0.1) is 12.8 Å². The third-order valence-corrected chi connectivity index (χ3v) is 6.18. The van der Waals surface area contributed by atoms with Crippen LogP contribution in [0.25, 0.3) is 0 Å². The summed E-state index contributed by atoms with van der Waals surface area (Å²) in [4.78, 5) is 12.8. The average Bonchev–Trinajstić information content (AvgIpc) is 2.88. The minimum absolute atomic E-state index is 0.0451. The highest BCUT2D eigenvalue weighted by Gasteiger charge is 2.29. The van der Waals surface area contributed by atoms with E-state index in [0.717, 1.165) is 33.5 Å². The van der Waals surface area contributed by atoms with E-state index in [-0.39, 0.29) is 11.8 Å². The predicted molar refractivity (Wildman–Crippen MR) is 125 cm³/mol. The van der Waals surface area contributed by atoms with Crippen molar-refractivity contribution in [1.29, 1.82) is 0 Å². The van der Waals surface area contributed by atoms with E-state index in [2.05, 4.69) is 58.5 Å². The number of amides is 1. The first-order valence-electron chi connectivity index (χ1n) is 10.4. The zero-order valence-electron chi connectivity index (χ0n) is 17.3. The number of ether oxygens (including phenoxy) is 1. The fourth-order valence-corrected chi connectivity index (χ4v) is 4.65. The van der Waals surface area contributed by atoms with Crippen molar-refractivity contribution in [3.05, 3.63) is 93.5 Å². The molecule has 2 unspecified atom stereocenters. The first-order chi connectivity index (χ1) is 14.5. The highest BCUT2D eigenvalue weighted by atomic mass is 79.9. The van der Waals surface area contributed by atoms with Gasteiger partial charge in [0.2, 0.25) is 5.91 Å². The smallest absolute Gasteiger partial charge is 0.228 e. The van der Waals surface area contributed by atoms with Gasteiger partial charge in [0.05, 0.1) is 18.7 Å². The van der Waals surface area contributed by atoms with Crippen LogP contribution >= 0.6 is 15.9 Å². The zero-order valence-corrected chi connectivity index (χ0v) is 18.9. The van der Waals surface area contributed by atoms with Crippen LogP contribution in [0.1, 0.15) is 41.5 Å². The number of carbonyl (C=O) groups excluding carboxylic acids is 1. The average molecular weight is 464 g/mol. The van der Waals surface area contributed by atoms with Gasteiger partial charge in [-0.25, -0.2) is 0 Å². The van der Waals surface area contributed by atoms with Crippen molar-refractivity contribution in [2.24, 2.45) is 5.92 Å². The first kappa shape index (κ1) is 20.7. The number of nitrogens with one attached hydrogen (secondary N) is 1. The van der Waals surface area contributed by atoms with E-state index in [1.165, 1.54) is 11.1 Å². The molecule has 0 radical (unpaired) electrons. The molecular weight excluding hydrogens is 438 g/mol. The fourth-order valence-electron chi connectivity index (χ4n) is 4.17. The van der Waals surface area contributed by atoms with Gasteiger partial charge in [0.15, 0.2) is 0 Å². The second-order valence-electron chi connectivity index (χ2n) is 8.09. The molecule has 2 atom stereocenters. The predicted octanol–water partition coefficient (Wildman–Crippen LogP) is 6.49. The van der Waals surface area contributed by atoms with Gasteiger partial charge in [0.1, 0.15) is 5.75 Å². The van der Waals surface area contributed by atoms with Crippen molar-refractivity contribution < 1.29 is 9.53 Å². The molecule has 30 heavy (non-hydrogen) atoms. The summed E-state index contributed by atoms with van der Waals surface area (Å²) in [7, 11) is 0. The van der Waals surface area contributed by atoms with Crippen molar-refractivity contribution in [2.45, 2.75) is 32.6 Å². The third-order valence-electron chi connectivity index (χ3n) is 5.72. The van der Waals surface area contributed by atoms with Crippen LogP contribution in [0.5, 0.6) is 5.75 Å². The summed E-state index contributed by atoms with van der Waals surface area (Å²) in [5.41, 5.74) is 5.30. The molecule has 1 aliphatic rings. The van der Waals surface area contributed by atoms with Gasteiger partial charge in [-0.15, -0.1) is 0 Å². The quantitative estimate of drug-likeness (QED) is 0.479. The van der Waals surface area contributed by atoms with Gasteiger partial charge in [0.25, 0.3) is 0 Å². The molecule has 154 valence electrons. The summed E-state index contributed by atoms with van der Waals surface area (Å²) in [5.74, 6) is 1.39. The molecule has 0 saturated heterocycles. The van der Waals surface area contributed by atoms with E-state index in [0.29, 0.717) is 18.9 Å². The lowest BCUT2D eigenvalue weighted by Crippen LogP contribution is -2.16. The Kier molecular flexibility index (Phi) is 6.24. The number of benzene rings is 3. The summed E-state index contributed by atoms with van der Waals surface area (Å²) in [6.45, 7) is 4.95. The Hall–Kier alpha value is -2.59. The molecule has 4 heteroatoms. The van der Waals surface area contributed by atoms with Crippen LogP contribution in [0.4, 0.5) is 5.69 Å². The second kappa shape index (κ2) is 9.05. The van der Waals surface area contributed by atoms with E-state index in [1.807, 2.05) is 43.3 Å². The molecule has 0 aliphatic carbocycles. The van der Waals surface area contributed by atoms with Crippen molar-refractivity contribution in [1.82, 2.24) is 0 Å². The molecule has 0 bridgehead atoms. The maximum Gasteiger partial charge on any atom is 0.228 e. The lowest BCUT2D eigenvalue weighted by atomic mass is 9.80. The Morgan fingerprint density at radius 3 is 2.57 bits per heavy atom. The van der Waals surface area contributed by atoms with Crippen LogP contribution in [0.15, 0.2) is 71.2 Å². The van der Waals surface area contributed by atoms with E-state index in [9.17, 15) is 4.79 Å². The minimum atomic E-state index is -0.0451. The largest absolute Gasteiger partial charge is 0.491 e. The lowest BCUT2D eigenvalue weighted by molar-refractivity contribution is -0.115. The van der Waals surface area contributed by atoms with Crippen LogP contribution in [0.2, 0.25) is 0 Å². The van der Waals surface area contributed by atoms with Crippen molar-refractivity contribution >= 4 is 27.5 Å². The highest BCUT2D eigenvalue weighted by Crippen LogP contribution is 2.45. The van der Waals surface area contributed by atoms with Gasteiger partial charge in [-0.3, -0.25) is 4.79 Å². The number of carbonyl (C=O) groups is 1. The van der Waals surface area contributed by atoms with E-state index in [1.54, 1.807) is 0 Å². The standard InChI is InChI=1S/C26H26BrNO2/c1-17-8-10-19(11-9-17)14-24(29)28-23-16-21(27)15-22-25(20-6-4-3-5-7-20)18(2)12-13-30-26(22)23/h3-11,15-16,18,25H,12-14H2,1-2H3,(H,28,29). The van der Waals surface area contributed by atoms with E-state index in [4.69, 9.17) is 4.74 Å². The molecule has 1 aliphatic heterocycles. The van der Waals surface area contributed by atoms with Crippen molar-refractivity contribution in [3.8, 4) is 5.75 Å². The molecule has 1 heterocycles. The normalized spacial score (nSPS) is 18.1. The topological polar surface area (TPSA) is 38.3 Å². The molecule has 0 aromatic heterocycles. The molecule has 1 N–H and O–H groups in total. The van der Waals surface area contributed by atoms with Crippen LogP contribution in [-0.4, -0.2) is 12.5 Å². The summed E-state index contributed by atoms with van der Waals surface area (Å²) >= 11 is 3.64. The van der Waals surface area contributed by atoms with Gasteiger partial charge in [-0.1, -0.05) is 83.0 Å². The van der Waals surface area contributed by atoms with Gasteiger partial charge < -0.3 is 10.1 Å². The minimum Gasteiger partial charge on any atom is -0.491 e. The maximum atomic E-state index is 12.8. The molecule has 0 fully saturated rings. The second-order valence-corrected chi connectivity index (χ2v) is 9.00. The number of fused-ring (bicyclic) bond motifs is 1. The molecule has 0 spiro atoms. The van der Waals surface area contributed by atoms with Gasteiger partial charge in [-0.2, -0.15) is 0 Å². The summed E-state index contributed by atoms with van der Waals surface area (Å²) in [6.07, 6.45) is 1.29. The summed E-state index contributed by atoms with van der Waals surface area (Å²) in [6, 6.07) is 22.7. The van der Waals surface area contributed by atoms with Crippen LogP contribution in [-0.2, 0) is 11.2 Å². The summed E-state index contributed by atoms with van der Waals surface area (Å²) in [5, 5.41) is 3.09. The Labute approximate surface area is 186 Å². The Bertz CT molecular complexity index is 1030.